The summed E-state index contributed by atoms with van der Waals surface area (Å²) in [5.41, 5.74) is 1.97. The number of sulfonamides is 1. The standard InChI is InChI=1S/C22H22N2O6S2/c1-17-7-13-21(14-8-17)31(26,27)24(22(25)19-5-3-2-4-6-19)16-15-18-9-11-20(12-10-18)23-32(28,29)30/h2-14,23H,15-16H2,1H3,(H,28,29,30). The molecule has 0 bridgehead atoms. The Kier molecular flexibility index (Phi) is 6.97. The third kappa shape index (κ3) is 5.94. The van der Waals surface area contributed by atoms with E-state index in [1.165, 1.54) is 24.3 Å². The van der Waals surface area contributed by atoms with Gasteiger partial charge in [0, 0.05) is 12.1 Å². The van der Waals surface area contributed by atoms with E-state index in [-0.39, 0.29) is 29.1 Å². The van der Waals surface area contributed by atoms with Gasteiger partial charge in [-0.25, -0.2) is 12.7 Å². The highest BCUT2D eigenvalue weighted by Crippen LogP contribution is 2.20. The zero-order chi connectivity index (χ0) is 23.4. The molecule has 0 aliphatic rings. The summed E-state index contributed by atoms with van der Waals surface area (Å²) in [5, 5.41) is 0. The number of anilines is 1. The van der Waals surface area contributed by atoms with Crippen LogP contribution in [0.4, 0.5) is 5.69 Å². The Morgan fingerprint density at radius 2 is 1.47 bits per heavy atom. The average Bonchev–Trinajstić information content (AvgIpc) is 2.74. The van der Waals surface area contributed by atoms with E-state index in [1.54, 1.807) is 54.6 Å². The summed E-state index contributed by atoms with van der Waals surface area (Å²) in [6.07, 6.45) is 0.204. The predicted octanol–water partition coefficient (Wildman–Crippen LogP) is 3.28. The van der Waals surface area contributed by atoms with E-state index in [4.69, 9.17) is 4.55 Å². The zero-order valence-corrected chi connectivity index (χ0v) is 18.8. The highest BCUT2D eigenvalue weighted by molar-refractivity contribution is 7.89. The van der Waals surface area contributed by atoms with Gasteiger partial charge in [0.1, 0.15) is 0 Å². The van der Waals surface area contributed by atoms with E-state index >= 15 is 0 Å². The Balaban J connectivity index is 1.88. The van der Waals surface area contributed by atoms with Gasteiger partial charge in [0.2, 0.25) is 0 Å². The number of hydrogen-bond acceptors (Lipinski definition) is 5. The van der Waals surface area contributed by atoms with Crippen molar-refractivity contribution in [3.8, 4) is 0 Å². The maximum atomic E-state index is 13.3. The monoisotopic (exact) mass is 474 g/mol. The van der Waals surface area contributed by atoms with Crippen molar-refractivity contribution < 1.29 is 26.2 Å². The van der Waals surface area contributed by atoms with Crippen LogP contribution < -0.4 is 4.72 Å². The molecule has 0 unspecified atom stereocenters. The van der Waals surface area contributed by atoms with Crippen molar-refractivity contribution in [1.82, 2.24) is 4.31 Å². The molecule has 0 saturated carbocycles. The minimum atomic E-state index is -4.39. The van der Waals surface area contributed by atoms with Crippen LogP contribution in [-0.2, 0) is 26.7 Å². The maximum Gasteiger partial charge on any atom is 0.357 e. The fraction of sp³-hybridized carbons (Fsp3) is 0.136. The van der Waals surface area contributed by atoms with Gasteiger partial charge in [-0.05, 0) is 55.3 Å². The number of benzene rings is 3. The van der Waals surface area contributed by atoms with E-state index in [2.05, 4.69) is 0 Å². The van der Waals surface area contributed by atoms with E-state index in [0.29, 0.717) is 5.56 Å². The second-order valence-corrected chi connectivity index (χ2v) is 10.1. The lowest BCUT2D eigenvalue weighted by atomic mass is 10.1. The first-order valence-electron chi connectivity index (χ1n) is 9.59. The van der Waals surface area contributed by atoms with Gasteiger partial charge in [-0.15, -0.1) is 0 Å². The molecule has 0 radical (unpaired) electrons. The number of nitrogens with zero attached hydrogens (tertiary/aromatic N) is 1. The first kappa shape index (κ1) is 23.5. The molecule has 0 spiro atoms. The van der Waals surface area contributed by atoms with Gasteiger partial charge in [-0.1, -0.05) is 48.0 Å². The molecule has 168 valence electrons. The van der Waals surface area contributed by atoms with E-state index in [9.17, 15) is 21.6 Å². The van der Waals surface area contributed by atoms with Crippen molar-refractivity contribution in [1.29, 1.82) is 0 Å². The van der Waals surface area contributed by atoms with Gasteiger partial charge < -0.3 is 0 Å². The van der Waals surface area contributed by atoms with Crippen LogP contribution >= 0.6 is 0 Å². The van der Waals surface area contributed by atoms with Crippen LogP contribution in [-0.4, -0.2) is 38.1 Å². The molecule has 0 atom stereocenters. The quantitative estimate of drug-likeness (QED) is 0.483. The first-order valence-corrected chi connectivity index (χ1v) is 12.5. The summed E-state index contributed by atoms with van der Waals surface area (Å²) < 4.78 is 60.0. The third-order valence-corrected chi connectivity index (χ3v) is 6.95. The van der Waals surface area contributed by atoms with Crippen molar-refractivity contribution in [2.45, 2.75) is 18.2 Å². The second kappa shape index (κ2) is 9.51. The Labute approximate surface area is 187 Å². The lowest BCUT2D eigenvalue weighted by molar-refractivity contribution is 0.0862. The fourth-order valence-corrected chi connectivity index (χ4v) is 4.84. The van der Waals surface area contributed by atoms with Gasteiger partial charge in [0.05, 0.1) is 10.6 Å². The number of carbonyl (C=O) groups is 1. The Morgan fingerprint density at radius 3 is 2.03 bits per heavy atom. The lowest BCUT2D eigenvalue weighted by Crippen LogP contribution is -2.38. The van der Waals surface area contributed by atoms with Crippen LogP contribution in [0.25, 0.3) is 0 Å². The molecule has 1 amide bonds. The molecule has 0 fully saturated rings. The van der Waals surface area contributed by atoms with Gasteiger partial charge >= 0.3 is 10.3 Å². The predicted molar refractivity (Wildman–Crippen MR) is 121 cm³/mol. The number of nitrogens with one attached hydrogen (secondary N) is 1. The van der Waals surface area contributed by atoms with Gasteiger partial charge in [0.15, 0.2) is 0 Å². The van der Waals surface area contributed by atoms with Crippen molar-refractivity contribution >= 4 is 31.9 Å². The summed E-state index contributed by atoms with van der Waals surface area (Å²) in [4.78, 5) is 13.1. The van der Waals surface area contributed by atoms with E-state index < -0.39 is 26.2 Å². The smallest absolute Gasteiger partial charge is 0.269 e. The number of hydrogen-bond donors (Lipinski definition) is 2. The summed E-state index contributed by atoms with van der Waals surface area (Å²) in [5.74, 6) is -0.643. The minimum Gasteiger partial charge on any atom is -0.269 e. The highest BCUT2D eigenvalue weighted by Gasteiger charge is 2.29. The van der Waals surface area contributed by atoms with Crippen molar-refractivity contribution in [3.63, 3.8) is 0 Å². The van der Waals surface area contributed by atoms with Crippen LogP contribution in [0.1, 0.15) is 21.5 Å². The van der Waals surface area contributed by atoms with Gasteiger partial charge in [-0.2, -0.15) is 8.42 Å². The number of amides is 1. The van der Waals surface area contributed by atoms with Crippen molar-refractivity contribution in [3.05, 3.63) is 95.6 Å². The molecule has 8 nitrogen and oxygen atoms in total. The topological polar surface area (TPSA) is 121 Å². The molecule has 0 aliphatic heterocycles. The van der Waals surface area contributed by atoms with Crippen LogP contribution in [0.2, 0.25) is 0 Å². The first-order chi connectivity index (χ1) is 15.1. The van der Waals surface area contributed by atoms with Crippen LogP contribution in [0.3, 0.4) is 0 Å². The molecule has 2 N–H and O–H groups in total. The lowest BCUT2D eigenvalue weighted by Gasteiger charge is -2.23. The molecular formula is C22H22N2O6S2. The van der Waals surface area contributed by atoms with Crippen LogP contribution in [0, 0.1) is 6.92 Å². The minimum absolute atomic E-state index is 0.0140. The molecule has 3 aromatic carbocycles. The Hall–Kier alpha value is -3.21. The zero-order valence-electron chi connectivity index (χ0n) is 17.2. The molecule has 0 aromatic heterocycles. The summed E-state index contributed by atoms with van der Waals surface area (Å²) >= 11 is 0. The normalized spacial score (nSPS) is 11.7. The van der Waals surface area contributed by atoms with Gasteiger partial charge in [-0.3, -0.25) is 14.1 Å². The Morgan fingerprint density at radius 1 is 0.875 bits per heavy atom. The molecule has 0 heterocycles. The molecule has 10 heteroatoms. The number of aryl methyl sites for hydroxylation is 1. The summed E-state index contributed by atoms with van der Waals surface area (Å²) in [6.45, 7) is 1.72. The van der Waals surface area contributed by atoms with Crippen LogP contribution in [0.15, 0.2) is 83.8 Å². The number of rotatable bonds is 8. The fourth-order valence-electron chi connectivity index (χ4n) is 3.01. The maximum absolute atomic E-state index is 13.3. The third-order valence-electron chi connectivity index (χ3n) is 4.66. The summed E-state index contributed by atoms with van der Waals surface area (Å²) in [6, 6.07) is 20.4. The largest absolute Gasteiger partial charge is 0.357 e. The summed E-state index contributed by atoms with van der Waals surface area (Å²) in [7, 11) is -8.50. The number of carbonyl (C=O) groups excluding carboxylic acids is 1. The molecule has 0 aliphatic carbocycles. The Bertz CT molecular complexity index is 1290. The van der Waals surface area contributed by atoms with Crippen LogP contribution in [0.5, 0.6) is 0 Å². The molecular weight excluding hydrogens is 452 g/mol. The van der Waals surface area contributed by atoms with Gasteiger partial charge in [0.25, 0.3) is 15.9 Å². The average molecular weight is 475 g/mol. The van der Waals surface area contributed by atoms with Crippen molar-refractivity contribution in [2.75, 3.05) is 11.3 Å². The molecule has 0 saturated heterocycles. The van der Waals surface area contributed by atoms with E-state index in [1.807, 2.05) is 11.6 Å². The van der Waals surface area contributed by atoms with Crippen molar-refractivity contribution in [2.24, 2.45) is 0 Å². The molecule has 3 aromatic rings. The SMILES string of the molecule is Cc1ccc(S(=O)(=O)N(CCc2ccc(NS(=O)(=O)O)cc2)C(=O)c2ccccc2)cc1. The highest BCUT2D eigenvalue weighted by atomic mass is 32.2. The van der Waals surface area contributed by atoms with E-state index in [0.717, 1.165) is 9.87 Å². The second-order valence-electron chi connectivity index (χ2n) is 7.09. The molecule has 32 heavy (non-hydrogen) atoms. The molecule has 3 rings (SSSR count).